The van der Waals surface area contributed by atoms with Gasteiger partial charge in [0.1, 0.15) is 29.9 Å². The maximum Gasteiger partial charge on any atom is 0.356 e. The van der Waals surface area contributed by atoms with E-state index < -0.39 is 40.9 Å². The van der Waals surface area contributed by atoms with E-state index in [1.54, 1.807) is 0 Å². The molecule has 15 nitrogen and oxygen atoms in total. The molecule has 5 rings (SSSR count). The van der Waals surface area contributed by atoms with Crippen LogP contribution in [0.25, 0.3) is 10.4 Å². The number of aromatic carboxylic acids is 1. The summed E-state index contributed by atoms with van der Waals surface area (Å²) in [6.45, 7) is 0. The maximum atomic E-state index is 13.1. The van der Waals surface area contributed by atoms with Crippen LogP contribution in [0.1, 0.15) is 16.2 Å². The van der Waals surface area contributed by atoms with Crippen molar-refractivity contribution in [2.24, 2.45) is 5.16 Å². The van der Waals surface area contributed by atoms with Crippen LogP contribution in [0.15, 0.2) is 44.3 Å². The van der Waals surface area contributed by atoms with Gasteiger partial charge in [-0.15, -0.1) is 34.4 Å². The average Bonchev–Trinajstić information content (AvgIpc) is 3.60. The summed E-state index contributed by atoms with van der Waals surface area (Å²) in [6.07, 6.45) is 0. The van der Waals surface area contributed by atoms with Gasteiger partial charge in [0, 0.05) is 16.9 Å². The third-order valence-electron chi connectivity index (χ3n) is 6.12. The van der Waals surface area contributed by atoms with Gasteiger partial charge < -0.3 is 36.3 Å². The van der Waals surface area contributed by atoms with E-state index in [1.807, 2.05) is 0 Å². The number of carbonyl (C=O) groups excluding carboxylic acids is 2. The first-order valence-corrected chi connectivity index (χ1v) is 15.7. The van der Waals surface area contributed by atoms with Crippen molar-refractivity contribution >= 4 is 80.8 Å². The molecule has 0 aliphatic carbocycles. The molecular weight excluding hydrogens is 645 g/mol. The minimum absolute atomic E-state index is 0.0882. The second kappa shape index (κ2) is 12.1. The molecule has 0 bridgehead atoms. The number of amides is 2. The highest BCUT2D eigenvalue weighted by molar-refractivity contribution is 8.02. The van der Waals surface area contributed by atoms with Crippen LogP contribution >= 0.6 is 46.2 Å². The van der Waals surface area contributed by atoms with Gasteiger partial charge in [0.25, 0.3) is 11.8 Å². The van der Waals surface area contributed by atoms with Gasteiger partial charge in [-0.3, -0.25) is 14.5 Å². The van der Waals surface area contributed by atoms with Gasteiger partial charge in [-0.1, -0.05) is 16.9 Å². The highest BCUT2D eigenvalue weighted by Gasteiger charge is 2.54. The van der Waals surface area contributed by atoms with E-state index in [-0.39, 0.29) is 50.1 Å². The van der Waals surface area contributed by atoms with Crippen molar-refractivity contribution in [1.82, 2.24) is 20.2 Å². The lowest BCUT2D eigenvalue weighted by Crippen LogP contribution is -2.71. The van der Waals surface area contributed by atoms with Crippen LogP contribution in [0.5, 0.6) is 11.5 Å². The predicted octanol–water partition coefficient (Wildman–Crippen LogP) is 1.84. The number of thiazole rings is 2. The molecule has 2 aliphatic rings. The summed E-state index contributed by atoms with van der Waals surface area (Å²) < 4.78 is 0.317. The first kappa shape index (κ1) is 30.1. The van der Waals surface area contributed by atoms with Gasteiger partial charge in [0.05, 0.1) is 4.88 Å². The van der Waals surface area contributed by atoms with E-state index in [0.29, 0.717) is 15.5 Å². The summed E-state index contributed by atoms with van der Waals surface area (Å²) in [5.41, 5.74) is 5.86. The molecule has 224 valence electrons. The predicted molar refractivity (Wildman–Crippen MR) is 158 cm³/mol. The molecule has 2 aromatic heterocycles. The molecule has 4 heterocycles. The molecule has 0 saturated carbocycles. The highest BCUT2D eigenvalue weighted by atomic mass is 32.2. The van der Waals surface area contributed by atoms with Crippen molar-refractivity contribution in [3.05, 3.63) is 46.2 Å². The number of oxime groups is 1. The Morgan fingerprint density at radius 1 is 1.21 bits per heavy atom. The first-order valence-electron chi connectivity index (χ1n) is 11.9. The fourth-order valence-electron chi connectivity index (χ4n) is 4.21. The highest BCUT2D eigenvalue weighted by Crippen LogP contribution is 2.43. The second-order valence-corrected chi connectivity index (χ2v) is 13.0. The number of rotatable bonds is 10. The van der Waals surface area contributed by atoms with Gasteiger partial charge in [-0.25, -0.2) is 19.6 Å². The van der Waals surface area contributed by atoms with Crippen LogP contribution in [0.3, 0.4) is 0 Å². The summed E-state index contributed by atoms with van der Waals surface area (Å²) >= 11 is 4.47. The number of carboxylic acids is 2. The zero-order valence-electron chi connectivity index (χ0n) is 21.7. The standard InChI is InChI=1S/C24H20N6O9S4/c1-39-29-13(10-7-41-23(25)26-10)18(33)27-15-19(34)30-16(22(37)38)9(5-40-20(15)30)6-42-24-28-14(21(35)36)17(43-24)8-2-3-11(31)12(32)4-8/h2-4,7,15,20,31-32H,5-6H2,1H3,(H2,25,26)(H,27,33)(H,35,36)(H,37,38)/t15-,20-/m1/s1. The number of nitrogen functional groups attached to an aromatic ring is 1. The number of aliphatic carboxylic acids is 1. The van der Waals surface area contributed by atoms with Crippen molar-refractivity contribution in [2.45, 2.75) is 15.8 Å². The monoisotopic (exact) mass is 664 g/mol. The third kappa shape index (κ3) is 5.83. The molecule has 19 heteroatoms. The van der Waals surface area contributed by atoms with Crippen LogP contribution in [-0.4, -0.2) is 94.8 Å². The van der Waals surface area contributed by atoms with E-state index in [9.17, 15) is 39.6 Å². The Balaban J connectivity index is 1.33. The van der Waals surface area contributed by atoms with Crippen LogP contribution in [0, 0.1) is 0 Å². The van der Waals surface area contributed by atoms with Crippen molar-refractivity contribution < 1.29 is 44.4 Å². The summed E-state index contributed by atoms with van der Waals surface area (Å²) in [5, 5.41) is 46.4. The quantitative estimate of drug-likeness (QED) is 0.0596. The number of phenols is 2. The number of nitrogens with two attached hydrogens (primary N) is 1. The van der Waals surface area contributed by atoms with Gasteiger partial charge in [0.15, 0.2) is 32.4 Å². The molecule has 0 unspecified atom stereocenters. The lowest BCUT2D eigenvalue weighted by molar-refractivity contribution is -0.150. The van der Waals surface area contributed by atoms with Crippen LogP contribution in [0.2, 0.25) is 0 Å². The number of benzene rings is 1. The summed E-state index contributed by atoms with van der Waals surface area (Å²) in [4.78, 5) is 64.4. The van der Waals surface area contributed by atoms with E-state index in [4.69, 9.17) is 10.6 Å². The first-order chi connectivity index (χ1) is 20.5. The zero-order chi connectivity index (χ0) is 31.0. The minimum atomic E-state index is -1.33. The minimum Gasteiger partial charge on any atom is -0.504 e. The largest absolute Gasteiger partial charge is 0.504 e. The Morgan fingerprint density at radius 3 is 2.60 bits per heavy atom. The van der Waals surface area contributed by atoms with E-state index in [2.05, 4.69) is 20.4 Å². The Hall–Kier alpha value is -4.33. The number of β-lactam (4-membered cyclic amide) rings is 1. The number of anilines is 1. The van der Waals surface area contributed by atoms with Crippen LogP contribution in [0.4, 0.5) is 5.13 Å². The molecule has 7 N–H and O–H groups in total. The Bertz CT molecular complexity index is 1720. The Labute approximate surface area is 258 Å². The van der Waals surface area contributed by atoms with Crippen LogP contribution in [-0.2, 0) is 19.2 Å². The smallest absolute Gasteiger partial charge is 0.356 e. The number of carboxylic acid groups (broad SMARTS) is 2. The Morgan fingerprint density at radius 2 is 1.98 bits per heavy atom. The molecule has 3 aromatic rings. The molecule has 1 fully saturated rings. The van der Waals surface area contributed by atoms with E-state index in [1.165, 1.54) is 42.5 Å². The molecule has 0 spiro atoms. The lowest BCUT2D eigenvalue weighted by atomic mass is 10.0. The molecule has 2 atom stereocenters. The molecule has 1 aromatic carbocycles. The fraction of sp³-hybridized carbons (Fsp3) is 0.208. The Kier molecular flexibility index (Phi) is 8.49. The van der Waals surface area contributed by atoms with E-state index in [0.717, 1.165) is 39.3 Å². The van der Waals surface area contributed by atoms with Gasteiger partial charge in [-0.2, -0.15) is 0 Å². The number of aromatic hydroxyl groups is 2. The number of phenolic OH excluding ortho intramolecular Hbond substituents is 2. The maximum absolute atomic E-state index is 13.1. The number of carbonyl (C=O) groups is 4. The van der Waals surface area contributed by atoms with E-state index >= 15 is 0 Å². The summed E-state index contributed by atoms with van der Waals surface area (Å²) in [7, 11) is 1.24. The normalized spacial score (nSPS) is 18.2. The number of thioether (sulfide) groups is 2. The fourth-order valence-corrected chi connectivity index (χ4v) is 8.38. The van der Waals surface area contributed by atoms with Crippen molar-refractivity contribution in [1.29, 1.82) is 0 Å². The van der Waals surface area contributed by atoms with Crippen molar-refractivity contribution in [3.8, 4) is 21.9 Å². The summed E-state index contributed by atoms with van der Waals surface area (Å²) in [5.74, 6) is -4.49. The van der Waals surface area contributed by atoms with Gasteiger partial charge in [-0.05, 0) is 29.3 Å². The second-order valence-electron chi connectivity index (χ2n) is 8.77. The number of aromatic nitrogens is 2. The number of nitrogens with one attached hydrogen (secondary N) is 1. The van der Waals surface area contributed by atoms with Crippen molar-refractivity contribution in [2.75, 3.05) is 24.3 Å². The SMILES string of the molecule is CON=C(C(=O)N[C@@H]1C(=O)N2C(C(=O)O)=C(CSc3nc(C(=O)O)c(-c4ccc(O)c(O)c4)s3)CS[C@H]12)c1csc(N)n1. The number of nitrogens with zero attached hydrogens (tertiary/aromatic N) is 4. The summed E-state index contributed by atoms with van der Waals surface area (Å²) in [6, 6.07) is 2.85. The average molecular weight is 665 g/mol. The zero-order valence-corrected chi connectivity index (χ0v) is 25.0. The molecule has 1 saturated heterocycles. The topological polar surface area (TPSA) is 238 Å². The molecule has 0 radical (unpaired) electrons. The van der Waals surface area contributed by atoms with Gasteiger partial charge in [0.2, 0.25) is 0 Å². The molecule has 2 amide bonds. The third-order valence-corrected chi connectivity index (χ3v) is 10.5. The molecular formula is C24H20N6O9S4. The van der Waals surface area contributed by atoms with Crippen molar-refractivity contribution in [3.63, 3.8) is 0 Å². The van der Waals surface area contributed by atoms with Crippen LogP contribution < -0.4 is 11.1 Å². The lowest BCUT2D eigenvalue weighted by Gasteiger charge is -2.49. The number of hydrogen-bond donors (Lipinski definition) is 6. The number of fused-ring (bicyclic) bond motifs is 1. The number of hydrogen-bond acceptors (Lipinski definition) is 15. The molecule has 43 heavy (non-hydrogen) atoms. The van der Waals surface area contributed by atoms with Gasteiger partial charge >= 0.3 is 11.9 Å². The molecule has 2 aliphatic heterocycles.